The van der Waals surface area contributed by atoms with Gasteiger partial charge in [-0.25, -0.2) is 8.42 Å². The van der Waals surface area contributed by atoms with E-state index in [4.69, 9.17) is 5.11 Å². The van der Waals surface area contributed by atoms with Crippen molar-refractivity contribution in [2.24, 2.45) is 5.92 Å². The number of carbonyl (C=O) groups excluding carboxylic acids is 1. The van der Waals surface area contributed by atoms with Crippen LogP contribution in [0.2, 0.25) is 0 Å². The topological polar surface area (TPSA) is 96.4 Å². The van der Waals surface area contributed by atoms with Crippen LogP contribution in [-0.2, 0) is 9.84 Å². The highest BCUT2D eigenvalue weighted by Gasteiger charge is 2.27. The maximum atomic E-state index is 12.0. The van der Waals surface area contributed by atoms with Crippen molar-refractivity contribution in [3.8, 4) is 11.8 Å². The van der Waals surface area contributed by atoms with Gasteiger partial charge in [0.15, 0.2) is 9.84 Å². The molecule has 2 rings (SSSR count). The number of rotatable bonds is 3. The van der Waals surface area contributed by atoms with Crippen molar-refractivity contribution in [1.29, 1.82) is 0 Å². The number of nitrogens with zero attached hydrogens (tertiary/aromatic N) is 1. The normalized spacial score (nSPS) is 19.6. The van der Waals surface area contributed by atoms with Crippen molar-refractivity contribution >= 4 is 15.7 Å². The van der Waals surface area contributed by atoms with Crippen molar-refractivity contribution < 1.29 is 18.3 Å². The Morgan fingerprint density at radius 1 is 1.48 bits per heavy atom. The molecule has 7 heteroatoms. The van der Waals surface area contributed by atoms with E-state index >= 15 is 0 Å². The molecule has 1 fully saturated rings. The van der Waals surface area contributed by atoms with Gasteiger partial charge in [-0.3, -0.25) is 9.78 Å². The molecule has 1 aromatic rings. The minimum absolute atomic E-state index is 0.0238. The summed E-state index contributed by atoms with van der Waals surface area (Å²) >= 11 is 0. The number of aliphatic hydroxyl groups excluding tert-OH is 1. The van der Waals surface area contributed by atoms with Crippen LogP contribution >= 0.6 is 0 Å². The molecule has 2 heterocycles. The van der Waals surface area contributed by atoms with E-state index in [2.05, 4.69) is 22.1 Å². The molecule has 112 valence electrons. The van der Waals surface area contributed by atoms with Gasteiger partial charge in [0.1, 0.15) is 6.61 Å². The van der Waals surface area contributed by atoms with Crippen molar-refractivity contribution in [1.82, 2.24) is 10.3 Å². The molecule has 1 aromatic heterocycles. The number of hydrogen-bond donors (Lipinski definition) is 2. The lowest BCUT2D eigenvalue weighted by Crippen LogP contribution is -2.29. The van der Waals surface area contributed by atoms with Gasteiger partial charge in [0.2, 0.25) is 0 Å². The molecule has 1 amide bonds. The number of sulfone groups is 1. The quantitative estimate of drug-likeness (QED) is 0.740. The van der Waals surface area contributed by atoms with Crippen LogP contribution in [0, 0.1) is 17.8 Å². The summed E-state index contributed by atoms with van der Waals surface area (Å²) in [4.78, 5) is 15.9. The molecule has 0 saturated carbocycles. The average Bonchev–Trinajstić information content (AvgIpc) is 2.82. The van der Waals surface area contributed by atoms with Crippen molar-refractivity contribution in [3.05, 3.63) is 29.6 Å². The van der Waals surface area contributed by atoms with Gasteiger partial charge >= 0.3 is 0 Å². The second kappa shape index (κ2) is 6.70. The molecule has 1 unspecified atom stereocenters. The lowest BCUT2D eigenvalue weighted by molar-refractivity contribution is 0.0948. The SMILES string of the molecule is O=C(NCC1CCS(=O)(=O)C1)c1cncc(C#CCO)c1. The molecular weight excluding hydrogens is 292 g/mol. The van der Waals surface area contributed by atoms with Crippen molar-refractivity contribution in [3.63, 3.8) is 0 Å². The second-order valence-corrected chi connectivity index (χ2v) is 7.13. The van der Waals surface area contributed by atoms with E-state index in [1.54, 1.807) is 6.07 Å². The zero-order valence-corrected chi connectivity index (χ0v) is 12.2. The molecule has 0 aromatic carbocycles. The monoisotopic (exact) mass is 308 g/mol. The Hall–Kier alpha value is -1.91. The minimum atomic E-state index is -2.93. The predicted octanol–water partition coefficient (Wildman–Crippen LogP) is -0.410. The van der Waals surface area contributed by atoms with Gasteiger partial charge < -0.3 is 10.4 Å². The van der Waals surface area contributed by atoms with Crippen LogP contribution in [0.15, 0.2) is 18.5 Å². The lowest BCUT2D eigenvalue weighted by Gasteiger charge is -2.09. The fourth-order valence-corrected chi connectivity index (χ4v) is 4.01. The Morgan fingerprint density at radius 3 is 2.95 bits per heavy atom. The fraction of sp³-hybridized carbons (Fsp3) is 0.429. The number of hydrogen-bond acceptors (Lipinski definition) is 5. The third-order valence-corrected chi connectivity index (χ3v) is 5.03. The zero-order chi connectivity index (χ0) is 15.3. The number of carbonyl (C=O) groups is 1. The first-order chi connectivity index (χ1) is 10.00. The van der Waals surface area contributed by atoms with Crippen molar-refractivity contribution in [2.45, 2.75) is 6.42 Å². The van der Waals surface area contributed by atoms with E-state index < -0.39 is 9.84 Å². The maximum absolute atomic E-state index is 12.0. The van der Waals surface area contributed by atoms with E-state index in [1.165, 1.54) is 12.4 Å². The van der Waals surface area contributed by atoms with Gasteiger partial charge in [0.05, 0.1) is 17.1 Å². The summed E-state index contributed by atoms with van der Waals surface area (Å²) in [5.74, 6) is 5.16. The summed E-state index contributed by atoms with van der Waals surface area (Å²) in [7, 11) is -2.93. The molecule has 2 N–H and O–H groups in total. The molecule has 1 atom stereocenters. The Bertz CT molecular complexity index is 688. The number of pyridine rings is 1. The zero-order valence-electron chi connectivity index (χ0n) is 11.4. The number of nitrogens with one attached hydrogen (secondary N) is 1. The number of aromatic nitrogens is 1. The Kier molecular flexibility index (Phi) is 4.94. The van der Waals surface area contributed by atoms with Crippen LogP contribution in [0.4, 0.5) is 0 Å². The van der Waals surface area contributed by atoms with Gasteiger partial charge in [-0.2, -0.15) is 0 Å². The number of amides is 1. The predicted molar refractivity (Wildman–Crippen MR) is 77.3 cm³/mol. The first-order valence-corrected chi connectivity index (χ1v) is 8.36. The molecule has 1 saturated heterocycles. The van der Waals surface area contributed by atoms with Gasteiger partial charge in [0.25, 0.3) is 5.91 Å². The van der Waals surface area contributed by atoms with Crippen molar-refractivity contribution in [2.75, 3.05) is 24.7 Å². The molecule has 1 aliphatic heterocycles. The molecule has 1 aliphatic rings. The molecule has 0 spiro atoms. The fourth-order valence-electron chi connectivity index (χ4n) is 2.15. The molecule has 21 heavy (non-hydrogen) atoms. The molecular formula is C14H16N2O4S. The first-order valence-electron chi connectivity index (χ1n) is 6.53. The second-order valence-electron chi connectivity index (χ2n) is 4.90. The summed E-state index contributed by atoms with van der Waals surface area (Å²) in [6, 6.07) is 1.58. The molecule has 0 radical (unpaired) electrons. The summed E-state index contributed by atoms with van der Waals surface area (Å²) in [5.41, 5.74) is 0.903. The first kappa shape index (κ1) is 15.5. The van der Waals surface area contributed by atoms with Gasteiger partial charge in [0, 0.05) is 24.5 Å². The summed E-state index contributed by atoms with van der Waals surface area (Å²) in [6.45, 7) is 0.0805. The number of aliphatic hydroxyl groups is 1. The van der Waals surface area contributed by atoms with Crippen LogP contribution in [0.3, 0.4) is 0 Å². The smallest absolute Gasteiger partial charge is 0.252 e. The lowest BCUT2D eigenvalue weighted by atomic mass is 10.1. The maximum Gasteiger partial charge on any atom is 0.252 e. The van der Waals surface area contributed by atoms with Crippen LogP contribution in [-0.4, -0.2) is 49.1 Å². The van der Waals surface area contributed by atoms with Crippen LogP contribution in [0.1, 0.15) is 22.3 Å². The standard InChI is InChI=1S/C14H16N2O4S/c17-4-1-2-11-6-13(9-15-7-11)14(18)16-8-12-3-5-21(19,20)10-12/h6-7,9,12,17H,3-5,8,10H2,(H,16,18). The minimum Gasteiger partial charge on any atom is -0.384 e. The highest BCUT2D eigenvalue weighted by molar-refractivity contribution is 7.91. The van der Waals surface area contributed by atoms with Crippen LogP contribution in [0.5, 0.6) is 0 Å². The highest BCUT2D eigenvalue weighted by atomic mass is 32.2. The van der Waals surface area contributed by atoms with E-state index in [9.17, 15) is 13.2 Å². The van der Waals surface area contributed by atoms with E-state index in [0.29, 0.717) is 24.1 Å². The van der Waals surface area contributed by atoms with E-state index in [0.717, 1.165) is 0 Å². The highest BCUT2D eigenvalue weighted by Crippen LogP contribution is 2.17. The molecule has 0 aliphatic carbocycles. The van der Waals surface area contributed by atoms with Gasteiger partial charge in [-0.05, 0) is 18.4 Å². The van der Waals surface area contributed by atoms with Crippen LogP contribution < -0.4 is 5.32 Å². The Balaban J connectivity index is 1.94. The molecule has 0 bridgehead atoms. The third kappa shape index (κ3) is 4.55. The summed E-state index contributed by atoms with van der Waals surface area (Å²) in [5, 5.41) is 11.4. The third-order valence-electron chi connectivity index (χ3n) is 3.19. The Labute approximate surface area is 123 Å². The summed E-state index contributed by atoms with van der Waals surface area (Å²) < 4.78 is 22.7. The van der Waals surface area contributed by atoms with Gasteiger partial charge in [-0.15, -0.1) is 0 Å². The van der Waals surface area contributed by atoms with Gasteiger partial charge in [-0.1, -0.05) is 11.8 Å². The summed E-state index contributed by atoms with van der Waals surface area (Å²) in [6.07, 6.45) is 3.51. The van der Waals surface area contributed by atoms with E-state index in [-0.39, 0.29) is 29.9 Å². The Morgan fingerprint density at radius 2 is 2.29 bits per heavy atom. The van der Waals surface area contributed by atoms with E-state index in [1.807, 2.05) is 0 Å². The molecule has 6 nitrogen and oxygen atoms in total. The largest absolute Gasteiger partial charge is 0.384 e. The average molecular weight is 308 g/mol. The van der Waals surface area contributed by atoms with Crippen LogP contribution in [0.25, 0.3) is 0 Å².